The van der Waals surface area contributed by atoms with Crippen molar-refractivity contribution in [2.24, 2.45) is 0 Å². The van der Waals surface area contributed by atoms with Crippen LogP contribution >= 0.6 is 0 Å². The molecule has 1 saturated carbocycles. The number of ether oxygens (including phenoxy) is 2. The van der Waals surface area contributed by atoms with Crippen LogP contribution in [-0.4, -0.2) is 40.7 Å². The molecule has 2 N–H and O–H groups in total. The Hall–Kier alpha value is -0.940. The SMILES string of the molecule is O[C@@H]1C[C@@H]2O[C@]2(COCc2ccccc2)[C@@H]1O. The van der Waals surface area contributed by atoms with Gasteiger partial charge in [-0.05, 0) is 5.56 Å². The van der Waals surface area contributed by atoms with Crippen molar-refractivity contribution in [3.05, 3.63) is 35.9 Å². The van der Waals surface area contributed by atoms with Gasteiger partial charge in [0, 0.05) is 6.42 Å². The molecule has 1 aromatic rings. The summed E-state index contributed by atoms with van der Waals surface area (Å²) in [6.07, 6.45) is -1.02. The number of benzene rings is 1. The van der Waals surface area contributed by atoms with E-state index in [-0.39, 0.29) is 6.10 Å². The molecule has 0 spiro atoms. The first kappa shape index (κ1) is 11.2. The molecule has 92 valence electrons. The van der Waals surface area contributed by atoms with Gasteiger partial charge in [-0.25, -0.2) is 0 Å². The predicted molar refractivity (Wildman–Crippen MR) is 60.3 cm³/mol. The Morgan fingerprint density at radius 1 is 1.29 bits per heavy atom. The summed E-state index contributed by atoms with van der Waals surface area (Å²) in [5.41, 5.74) is 0.447. The summed E-state index contributed by atoms with van der Waals surface area (Å²) in [4.78, 5) is 0. The molecule has 4 nitrogen and oxygen atoms in total. The minimum Gasteiger partial charge on any atom is -0.390 e. The lowest BCUT2D eigenvalue weighted by Gasteiger charge is -2.18. The Kier molecular flexibility index (Phi) is 2.67. The smallest absolute Gasteiger partial charge is 0.146 e. The average Bonchev–Trinajstić information content (AvgIpc) is 2.98. The van der Waals surface area contributed by atoms with Gasteiger partial charge in [-0.3, -0.25) is 0 Å². The van der Waals surface area contributed by atoms with E-state index in [1.54, 1.807) is 0 Å². The highest BCUT2D eigenvalue weighted by Crippen LogP contribution is 2.50. The Balaban J connectivity index is 1.53. The molecule has 4 heteroatoms. The Labute approximate surface area is 99.8 Å². The summed E-state index contributed by atoms with van der Waals surface area (Å²) < 4.78 is 11.0. The van der Waals surface area contributed by atoms with Gasteiger partial charge < -0.3 is 19.7 Å². The highest BCUT2D eigenvalue weighted by Gasteiger charge is 2.68. The first-order chi connectivity index (χ1) is 8.22. The third kappa shape index (κ3) is 1.87. The van der Waals surface area contributed by atoms with Crippen molar-refractivity contribution < 1.29 is 19.7 Å². The van der Waals surface area contributed by atoms with Gasteiger partial charge in [0.15, 0.2) is 0 Å². The van der Waals surface area contributed by atoms with Crippen molar-refractivity contribution in [1.82, 2.24) is 0 Å². The van der Waals surface area contributed by atoms with E-state index in [4.69, 9.17) is 9.47 Å². The van der Waals surface area contributed by atoms with E-state index in [9.17, 15) is 10.2 Å². The zero-order valence-electron chi connectivity index (χ0n) is 9.45. The molecule has 2 aliphatic rings. The van der Waals surface area contributed by atoms with Crippen LogP contribution in [0.5, 0.6) is 0 Å². The van der Waals surface area contributed by atoms with Gasteiger partial charge in [-0.15, -0.1) is 0 Å². The monoisotopic (exact) mass is 236 g/mol. The molecule has 0 radical (unpaired) electrons. The third-order valence-corrected chi connectivity index (χ3v) is 3.61. The molecular weight excluding hydrogens is 220 g/mol. The van der Waals surface area contributed by atoms with E-state index in [1.807, 2.05) is 30.3 Å². The average molecular weight is 236 g/mol. The summed E-state index contributed by atoms with van der Waals surface area (Å²) >= 11 is 0. The molecule has 0 aromatic heterocycles. The molecule has 0 bridgehead atoms. The zero-order chi connectivity index (χ0) is 11.9. The van der Waals surface area contributed by atoms with Gasteiger partial charge >= 0.3 is 0 Å². The van der Waals surface area contributed by atoms with Crippen LogP contribution in [0.25, 0.3) is 0 Å². The Bertz CT molecular complexity index is 394. The highest BCUT2D eigenvalue weighted by molar-refractivity contribution is 5.17. The number of rotatable bonds is 4. The van der Waals surface area contributed by atoms with E-state index in [2.05, 4.69) is 0 Å². The zero-order valence-corrected chi connectivity index (χ0v) is 9.45. The van der Waals surface area contributed by atoms with Crippen LogP contribution < -0.4 is 0 Å². The molecule has 1 heterocycles. The standard InChI is InChI=1S/C13H16O4/c14-10-6-11-13(17-11,12(10)15)8-16-7-9-4-2-1-3-5-9/h1-5,10-12,14-15H,6-8H2/t10-,11+,12-,13+/m1/s1. The van der Waals surface area contributed by atoms with Crippen LogP contribution in [0.15, 0.2) is 30.3 Å². The molecule has 0 unspecified atom stereocenters. The fourth-order valence-electron chi connectivity index (χ4n) is 2.53. The minimum absolute atomic E-state index is 0.0386. The maximum absolute atomic E-state index is 9.80. The predicted octanol–water partition coefficient (Wildman–Crippen LogP) is 0.466. The molecule has 4 atom stereocenters. The highest BCUT2D eigenvalue weighted by atomic mass is 16.7. The molecule has 3 rings (SSSR count). The normalized spacial score (nSPS) is 39.1. The first-order valence-corrected chi connectivity index (χ1v) is 5.88. The second kappa shape index (κ2) is 4.07. The molecule has 1 aromatic carbocycles. The van der Waals surface area contributed by atoms with Crippen molar-refractivity contribution in [2.75, 3.05) is 6.61 Å². The molecule has 1 aliphatic carbocycles. The lowest BCUT2D eigenvalue weighted by molar-refractivity contribution is -0.0586. The summed E-state index contributed by atoms with van der Waals surface area (Å²) in [5, 5.41) is 19.3. The number of hydrogen-bond donors (Lipinski definition) is 2. The number of aliphatic hydroxyl groups excluding tert-OH is 2. The van der Waals surface area contributed by atoms with Crippen molar-refractivity contribution in [1.29, 1.82) is 0 Å². The quantitative estimate of drug-likeness (QED) is 0.746. The third-order valence-electron chi connectivity index (χ3n) is 3.61. The van der Waals surface area contributed by atoms with Crippen LogP contribution in [0, 0.1) is 0 Å². The number of hydrogen-bond acceptors (Lipinski definition) is 4. The van der Waals surface area contributed by atoms with Crippen LogP contribution in [0.3, 0.4) is 0 Å². The number of fused-ring (bicyclic) bond motifs is 1. The lowest BCUT2D eigenvalue weighted by atomic mass is 10.1. The van der Waals surface area contributed by atoms with Crippen LogP contribution in [0.1, 0.15) is 12.0 Å². The fourth-order valence-corrected chi connectivity index (χ4v) is 2.53. The summed E-state index contributed by atoms with van der Waals surface area (Å²) in [5.74, 6) is 0. The van der Waals surface area contributed by atoms with E-state index in [1.165, 1.54) is 0 Å². The topological polar surface area (TPSA) is 62.2 Å². The van der Waals surface area contributed by atoms with E-state index >= 15 is 0 Å². The maximum atomic E-state index is 9.80. The van der Waals surface area contributed by atoms with Gasteiger partial charge in [0.25, 0.3) is 0 Å². The number of aliphatic hydroxyl groups is 2. The van der Waals surface area contributed by atoms with Crippen molar-refractivity contribution in [3.8, 4) is 0 Å². The molecule has 1 saturated heterocycles. The largest absolute Gasteiger partial charge is 0.390 e. The molecule has 2 fully saturated rings. The van der Waals surface area contributed by atoms with Crippen molar-refractivity contribution in [3.63, 3.8) is 0 Å². The van der Waals surface area contributed by atoms with Crippen LogP contribution in [-0.2, 0) is 16.1 Å². The van der Waals surface area contributed by atoms with Crippen LogP contribution in [0.4, 0.5) is 0 Å². The van der Waals surface area contributed by atoms with Gasteiger partial charge in [0.05, 0.1) is 25.4 Å². The molecule has 17 heavy (non-hydrogen) atoms. The summed E-state index contributed by atoms with van der Waals surface area (Å²) in [7, 11) is 0. The first-order valence-electron chi connectivity index (χ1n) is 5.88. The Morgan fingerprint density at radius 2 is 2.06 bits per heavy atom. The number of epoxide rings is 1. The van der Waals surface area contributed by atoms with Crippen LogP contribution in [0.2, 0.25) is 0 Å². The van der Waals surface area contributed by atoms with Crippen molar-refractivity contribution >= 4 is 0 Å². The van der Waals surface area contributed by atoms with Gasteiger partial charge in [-0.1, -0.05) is 30.3 Å². The minimum atomic E-state index is -0.816. The fraction of sp³-hybridized carbons (Fsp3) is 0.538. The van der Waals surface area contributed by atoms with Gasteiger partial charge in [-0.2, -0.15) is 0 Å². The van der Waals surface area contributed by atoms with Gasteiger partial charge in [0.2, 0.25) is 0 Å². The van der Waals surface area contributed by atoms with E-state index in [0.717, 1.165) is 5.56 Å². The molecule has 1 aliphatic heterocycles. The maximum Gasteiger partial charge on any atom is 0.146 e. The van der Waals surface area contributed by atoms with Crippen molar-refractivity contribution in [2.45, 2.75) is 36.9 Å². The summed E-state index contributed by atoms with van der Waals surface area (Å²) in [6.45, 7) is 0.840. The summed E-state index contributed by atoms with van der Waals surface area (Å²) in [6, 6.07) is 9.86. The van der Waals surface area contributed by atoms with E-state index < -0.39 is 17.8 Å². The molecule has 0 amide bonds. The van der Waals surface area contributed by atoms with E-state index in [0.29, 0.717) is 19.6 Å². The van der Waals surface area contributed by atoms with Gasteiger partial charge in [0.1, 0.15) is 11.7 Å². The lowest BCUT2D eigenvalue weighted by Crippen LogP contribution is -2.38. The Morgan fingerprint density at radius 3 is 2.71 bits per heavy atom. The second-order valence-corrected chi connectivity index (χ2v) is 4.79. The second-order valence-electron chi connectivity index (χ2n) is 4.79. The molecular formula is C13H16O4.